The lowest BCUT2D eigenvalue weighted by molar-refractivity contribution is 0.101. The topological polar surface area (TPSA) is 26.3 Å². The van der Waals surface area contributed by atoms with Crippen LogP contribution in [0.15, 0.2) is 30.3 Å². The first-order valence-electron chi connectivity index (χ1n) is 4.90. The van der Waals surface area contributed by atoms with E-state index < -0.39 is 0 Å². The molecule has 0 bridgehead atoms. The second-order valence-electron chi connectivity index (χ2n) is 3.60. The van der Waals surface area contributed by atoms with Crippen LogP contribution in [0.3, 0.4) is 0 Å². The summed E-state index contributed by atoms with van der Waals surface area (Å²) in [6.45, 7) is 1.55. The molecule has 0 N–H and O–H groups in total. The first kappa shape index (κ1) is 11.0. The molecule has 0 aromatic heterocycles. The molecule has 16 heavy (non-hydrogen) atoms. The third kappa shape index (κ3) is 1.89. The summed E-state index contributed by atoms with van der Waals surface area (Å²) in [5.41, 5.74) is 0.689. The number of methoxy groups -OCH3 is 1. The fraction of sp³-hybridized carbons (Fsp3) is 0.154. The van der Waals surface area contributed by atoms with Crippen LogP contribution in [-0.4, -0.2) is 12.9 Å². The second-order valence-corrected chi connectivity index (χ2v) is 4.01. The summed E-state index contributed by atoms with van der Waals surface area (Å²) < 4.78 is 5.13. The average molecular weight is 235 g/mol. The van der Waals surface area contributed by atoms with Crippen LogP contribution in [0.2, 0.25) is 5.02 Å². The third-order valence-electron chi connectivity index (χ3n) is 2.52. The van der Waals surface area contributed by atoms with Gasteiger partial charge in [0.2, 0.25) is 0 Å². The number of carbonyl (C=O) groups is 1. The highest BCUT2D eigenvalue weighted by Gasteiger charge is 2.05. The van der Waals surface area contributed by atoms with Gasteiger partial charge in [0.1, 0.15) is 5.75 Å². The number of Topliss-reactive ketones (excluding diaryl/α,β-unsaturated/α-hetero) is 1. The molecule has 2 rings (SSSR count). The first-order chi connectivity index (χ1) is 7.61. The fourth-order valence-corrected chi connectivity index (χ4v) is 1.87. The summed E-state index contributed by atoms with van der Waals surface area (Å²) in [6.07, 6.45) is 0. The van der Waals surface area contributed by atoms with Crippen LogP contribution >= 0.6 is 11.6 Å². The standard InChI is InChI=1S/C13H11ClO2/c1-8(15)9-3-4-10-7-13(16-2)12(14)6-11(10)5-9/h3-7H,1-2H3. The Labute approximate surface area is 98.8 Å². The zero-order valence-electron chi connectivity index (χ0n) is 9.08. The molecule has 0 atom stereocenters. The minimum absolute atomic E-state index is 0.0499. The van der Waals surface area contributed by atoms with E-state index in [0.29, 0.717) is 16.3 Å². The van der Waals surface area contributed by atoms with Gasteiger partial charge in [-0.05, 0) is 35.9 Å². The van der Waals surface area contributed by atoms with Crippen LogP contribution < -0.4 is 4.74 Å². The van der Waals surface area contributed by atoms with E-state index in [4.69, 9.17) is 16.3 Å². The molecule has 2 aromatic carbocycles. The predicted molar refractivity (Wildman–Crippen MR) is 65.5 cm³/mol. The molecule has 0 radical (unpaired) electrons. The van der Waals surface area contributed by atoms with Crippen molar-refractivity contribution in [3.63, 3.8) is 0 Å². The maximum Gasteiger partial charge on any atom is 0.159 e. The smallest absolute Gasteiger partial charge is 0.159 e. The summed E-state index contributed by atoms with van der Waals surface area (Å²) >= 11 is 6.03. The van der Waals surface area contributed by atoms with Crippen molar-refractivity contribution in [2.75, 3.05) is 7.11 Å². The molecule has 0 heterocycles. The number of benzene rings is 2. The van der Waals surface area contributed by atoms with Crippen LogP contribution in [0, 0.1) is 0 Å². The lowest BCUT2D eigenvalue weighted by Gasteiger charge is -2.06. The van der Waals surface area contributed by atoms with Gasteiger partial charge >= 0.3 is 0 Å². The summed E-state index contributed by atoms with van der Waals surface area (Å²) in [5, 5.41) is 2.50. The summed E-state index contributed by atoms with van der Waals surface area (Å²) in [7, 11) is 1.58. The highest BCUT2D eigenvalue weighted by molar-refractivity contribution is 6.32. The lowest BCUT2D eigenvalue weighted by Crippen LogP contribution is -1.91. The molecular weight excluding hydrogens is 224 g/mol. The zero-order valence-corrected chi connectivity index (χ0v) is 9.84. The van der Waals surface area contributed by atoms with E-state index in [1.807, 2.05) is 24.3 Å². The summed E-state index contributed by atoms with van der Waals surface area (Å²) in [5.74, 6) is 0.693. The number of fused-ring (bicyclic) bond motifs is 1. The Kier molecular flexibility index (Phi) is 2.84. The summed E-state index contributed by atoms with van der Waals surface area (Å²) in [4.78, 5) is 11.2. The fourth-order valence-electron chi connectivity index (χ4n) is 1.62. The van der Waals surface area contributed by atoms with Gasteiger partial charge in [0, 0.05) is 5.56 Å². The first-order valence-corrected chi connectivity index (χ1v) is 5.28. The van der Waals surface area contributed by atoms with Gasteiger partial charge in [0.25, 0.3) is 0 Å². The highest BCUT2D eigenvalue weighted by atomic mass is 35.5. The van der Waals surface area contributed by atoms with Crippen LogP contribution in [-0.2, 0) is 0 Å². The molecule has 0 aliphatic heterocycles. The molecule has 0 fully saturated rings. The minimum atomic E-state index is 0.0499. The molecular formula is C13H11ClO2. The molecule has 2 nitrogen and oxygen atoms in total. The van der Waals surface area contributed by atoms with Crippen LogP contribution in [0.25, 0.3) is 10.8 Å². The van der Waals surface area contributed by atoms with E-state index >= 15 is 0 Å². The number of halogens is 1. The highest BCUT2D eigenvalue weighted by Crippen LogP contribution is 2.30. The number of ketones is 1. The van der Waals surface area contributed by atoms with Gasteiger partial charge in [-0.15, -0.1) is 0 Å². The lowest BCUT2D eigenvalue weighted by atomic mass is 10.0. The molecule has 0 saturated heterocycles. The monoisotopic (exact) mass is 234 g/mol. The van der Waals surface area contributed by atoms with Crippen molar-refractivity contribution in [2.45, 2.75) is 6.92 Å². The molecule has 0 amide bonds. The Morgan fingerprint density at radius 1 is 1.19 bits per heavy atom. The molecule has 3 heteroatoms. The quantitative estimate of drug-likeness (QED) is 0.741. The number of hydrogen-bond acceptors (Lipinski definition) is 2. The molecule has 0 saturated carbocycles. The van der Waals surface area contributed by atoms with Gasteiger partial charge in [-0.3, -0.25) is 4.79 Å². The largest absolute Gasteiger partial charge is 0.495 e. The van der Waals surface area contributed by atoms with Crippen molar-refractivity contribution in [1.29, 1.82) is 0 Å². The molecule has 0 aliphatic rings. The van der Waals surface area contributed by atoms with Crippen molar-refractivity contribution in [3.05, 3.63) is 40.9 Å². The Bertz CT molecular complexity index is 561. The number of rotatable bonds is 2. The van der Waals surface area contributed by atoms with E-state index in [0.717, 1.165) is 10.8 Å². The Hall–Kier alpha value is -1.54. The number of hydrogen-bond donors (Lipinski definition) is 0. The number of carbonyl (C=O) groups excluding carboxylic acids is 1. The average Bonchev–Trinajstić information content (AvgIpc) is 2.27. The normalized spacial score (nSPS) is 10.4. The van der Waals surface area contributed by atoms with Crippen LogP contribution in [0.4, 0.5) is 0 Å². The van der Waals surface area contributed by atoms with Gasteiger partial charge in [-0.2, -0.15) is 0 Å². The molecule has 0 aliphatic carbocycles. The molecule has 0 spiro atoms. The van der Waals surface area contributed by atoms with E-state index in [9.17, 15) is 4.79 Å². The van der Waals surface area contributed by atoms with E-state index in [1.54, 1.807) is 20.1 Å². The Morgan fingerprint density at radius 3 is 2.56 bits per heavy atom. The van der Waals surface area contributed by atoms with Gasteiger partial charge in [0.15, 0.2) is 5.78 Å². The Morgan fingerprint density at radius 2 is 1.94 bits per heavy atom. The van der Waals surface area contributed by atoms with Crippen molar-refractivity contribution in [1.82, 2.24) is 0 Å². The van der Waals surface area contributed by atoms with E-state index in [1.165, 1.54) is 0 Å². The maximum absolute atomic E-state index is 11.2. The van der Waals surface area contributed by atoms with Crippen molar-refractivity contribution < 1.29 is 9.53 Å². The van der Waals surface area contributed by atoms with E-state index in [2.05, 4.69) is 0 Å². The van der Waals surface area contributed by atoms with Gasteiger partial charge in [-0.25, -0.2) is 0 Å². The van der Waals surface area contributed by atoms with Crippen molar-refractivity contribution in [2.24, 2.45) is 0 Å². The molecule has 0 unspecified atom stereocenters. The van der Waals surface area contributed by atoms with Crippen LogP contribution in [0.5, 0.6) is 5.75 Å². The number of ether oxygens (including phenoxy) is 1. The predicted octanol–water partition coefficient (Wildman–Crippen LogP) is 3.70. The van der Waals surface area contributed by atoms with Crippen molar-refractivity contribution in [3.8, 4) is 5.75 Å². The zero-order chi connectivity index (χ0) is 11.7. The Balaban J connectivity index is 2.66. The minimum Gasteiger partial charge on any atom is -0.495 e. The third-order valence-corrected chi connectivity index (χ3v) is 2.81. The maximum atomic E-state index is 11.2. The van der Waals surface area contributed by atoms with Gasteiger partial charge < -0.3 is 4.74 Å². The van der Waals surface area contributed by atoms with Gasteiger partial charge in [-0.1, -0.05) is 23.7 Å². The summed E-state index contributed by atoms with van der Waals surface area (Å²) in [6, 6.07) is 9.20. The van der Waals surface area contributed by atoms with E-state index in [-0.39, 0.29) is 5.78 Å². The molecule has 2 aromatic rings. The van der Waals surface area contributed by atoms with Crippen molar-refractivity contribution >= 4 is 28.2 Å². The molecule has 82 valence electrons. The van der Waals surface area contributed by atoms with Gasteiger partial charge in [0.05, 0.1) is 12.1 Å². The SMILES string of the molecule is COc1cc2ccc(C(C)=O)cc2cc1Cl. The second kappa shape index (κ2) is 4.14. The van der Waals surface area contributed by atoms with Crippen LogP contribution in [0.1, 0.15) is 17.3 Å².